The zero-order valence-electron chi connectivity index (χ0n) is 21.2. The van der Waals surface area contributed by atoms with E-state index in [1.807, 2.05) is 72.8 Å². The number of amides is 2. The molecule has 2 N–H and O–H groups in total. The highest BCUT2D eigenvalue weighted by Gasteiger charge is 2.23. The summed E-state index contributed by atoms with van der Waals surface area (Å²) >= 11 is 2.83. The van der Waals surface area contributed by atoms with E-state index in [0.717, 1.165) is 26.4 Å². The number of rotatable bonds is 9. The number of anilines is 2. The van der Waals surface area contributed by atoms with Crippen LogP contribution in [0, 0.1) is 0 Å². The highest BCUT2D eigenvalue weighted by Crippen LogP contribution is 2.38. The maximum Gasteiger partial charge on any atom is 0.255 e. The summed E-state index contributed by atoms with van der Waals surface area (Å²) in [5.41, 5.74) is 2.86. The predicted molar refractivity (Wildman–Crippen MR) is 157 cm³/mol. The molecule has 4 aromatic carbocycles. The minimum atomic E-state index is -0.507. The Labute approximate surface area is 234 Å². The Morgan fingerprint density at radius 1 is 0.821 bits per heavy atom. The van der Waals surface area contributed by atoms with E-state index >= 15 is 0 Å². The largest absolute Gasteiger partial charge is 0.497 e. The third kappa shape index (κ3) is 6.39. The van der Waals surface area contributed by atoms with Crippen LogP contribution in [0.3, 0.4) is 0 Å². The van der Waals surface area contributed by atoms with E-state index in [1.54, 1.807) is 38.5 Å². The number of methoxy groups -OCH3 is 2. The van der Waals surface area contributed by atoms with Gasteiger partial charge < -0.3 is 20.1 Å². The molecule has 0 aliphatic rings. The van der Waals surface area contributed by atoms with E-state index < -0.39 is 5.25 Å². The van der Waals surface area contributed by atoms with Crippen LogP contribution in [0.4, 0.5) is 10.8 Å². The van der Waals surface area contributed by atoms with Crippen molar-refractivity contribution >= 4 is 55.9 Å². The number of hydrogen-bond acceptors (Lipinski definition) is 7. The second-order valence-electron chi connectivity index (χ2n) is 8.46. The fourth-order valence-electron chi connectivity index (χ4n) is 3.86. The van der Waals surface area contributed by atoms with Crippen LogP contribution >= 0.6 is 23.1 Å². The predicted octanol–water partition coefficient (Wildman–Crippen LogP) is 7.04. The van der Waals surface area contributed by atoms with Crippen molar-refractivity contribution in [2.75, 3.05) is 24.9 Å². The van der Waals surface area contributed by atoms with Gasteiger partial charge in [0.2, 0.25) is 5.91 Å². The van der Waals surface area contributed by atoms with Gasteiger partial charge in [0.25, 0.3) is 5.91 Å². The van der Waals surface area contributed by atoms with Crippen molar-refractivity contribution in [1.82, 2.24) is 4.98 Å². The average molecular weight is 556 g/mol. The van der Waals surface area contributed by atoms with Crippen molar-refractivity contribution in [2.24, 2.45) is 0 Å². The number of carbonyl (C=O) groups excluding carboxylic acids is 2. The lowest BCUT2D eigenvalue weighted by Gasteiger charge is -2.16. The van der Waals surface area contributed by atoms with Gasteiger partial charge in [-0.1, -0.05) is 41.7 Å². The van der Waals surface area contributed by atoms with Crippen molar-refractivity contribution < 1.29 is 19.1 Å². The molecule has 0 aliphatic heterocycles. The van der Waals surface area contributed by atoms with Gasteiger partial charge in [-0.15, -0.1) is 11.8 Å². The first-order valence-electron chi connectivity index (χ1n) is 12.0. The molecule has 0 saturated carbocycles. The minimum Gasteiger partial charge on any atom is -0.497 e. The molecule has 1 aromatic heterocycles. The van der Waals surface area contributed by atoms with Gasteiger partial charge in [0.05, 0.1) is 24.4 Å². The number of benzene rings is 4. The van der Waals surface area contributed by atoms with E-state index in [-0.39, 0.29) is 11.8 Å². The Kier molecular flexibility index (Phi) is 8.10. The minimum absolute atomic E-state index is 0.172. The van der Waals surface area contributed by atoms with Gasteiger partial charge in [-0.25, -0.2) is 4.98 Å². The van der Waals surface area contributed by atoms with E-state index in [9.17, 15) is 9.59 Å². The first kappa shape index (κ1) is 26.3. The summed E-state index contributed by atoms with van der Waals surface area (Å²) in [6.45, 7) is 0. The number of ether oxygens (including phenoxy) is 2. The molecule has 1 unspecified atom stereocenters. The lowest BCUT2D eigenvalue weighted by atomic mass is 10.1. The van der Waals surface area contributed by atoms with Crippen molar-refractivity contribution in [3.8, 4) is 11.5 Å². The normalized spacial score (nSPS) is 11.5. The van der Waals surface area contributed by atoms with E-state index in [0.29, 0.717) is 22.1 Å². The van der Waals surface area contributed by atoms with Crippen molar-refractivity contribution in [2.45, 2.75) is 10.1 Å². The number of hydrogen-bond donors (Lipinski definition) is 2. The summed E-state index contributed by atoms with van der Waals surface area (Å²) in [7, 11) is 3.20. The van der Waals surface area contributed by atoms with Gasteiger partial charge in [0, 0.05) is 16.1 Å². The second kappa shape index (κ2) is 12.0. The topological polar surface area (TPSA) is 89.5 Å². The number of fused-ring (bicyclic) bond motifs is 1. The number of thiazole rings is 1. The SMILES string of the molecule is COc1ccc(C(=O)Nc2ccc(SC(C(=O)Nc3nc4ccc(OC)cc4s3)c3ccccc3)cc2)cc1. The van der Waals surface area contributed by atoms with Crippen molar-refractivity contribution in [1.29, 1.82) is 0 Å². The lowest BCUT2D eigenvalue weighted by Crippen LogP contribution is -2.18. The number of nitrogens with zero attached hydrogens (tertiary/aromatic N) is 1. The van der Waals surface area contributed by atoms with Crippen LogP contribution < -0.4 is 20.1 Å². The lowest BCUT2D eigenvalue weighted by molar-refractivity contribution is -0.115. The Hall–Kier alpha value is -4.34. The van der Waals surface area contributed by atoms with Gasteiger partial charge in [0.1, 0.15) is 16.7 Å². The van der Waals surface area contributed by atoms with Crippen LogP contribution in [0.2, 0.25) is 0 Å². The highest BCUT2D eigenvalue weighted by molar-refractivity contribution is 8.00. The van der Waals surface area contributed by atoms with E-state index in [4.69, 9.17) is 9.47 Å². The monoisotopic (exact) mass is 555 g/mol. The van der Waals surface area contributed by atoms with Crippen molar-refractivity contribution in [3.05, 3.63) is 108 Å². The zero-order chi connectivity index (χ0) is 27.2. The highest BCUT2D eigenvalue weighted by atomic mass is 32.2. The molecule has 2 amide bonds. The zero-order valence-corrected chi connectivity index (χ0v) is 22.8. The summed E-state index contributed by atoms with van der Waals surface area (Å²) in [5, 5.41) is 5.91. The summed E-state index contributed by atoms with van der Waals surface area (Å²) in [4.78, 5) is 31.5. The second-order valence-corrected chi connectivity index (χ2v) is 10.7. The van der Waals surface area contributed by atoms with Crippen LogP contribution in [-0.4, -0.2) is 31.0 Å². The third-order valence-corrected chi connectivity index (χ3v) is 8.08. The van der Waals surface area contributed by atoms with Crippen LogP contribution in [0.5, 0.6) is 11.5 Å². The van der Waals surface area contributed by atoms with Crippen LogP contribution in [-0.2, 0) is 4.79 Å². The molecule has 1 heterocycles. The molecule has 1 atom stereocenters. The molecule has 0 fully saturated rings. The molecule has 0 bridgehead atoms. The van der Waals surface area contributed by atoms with Crippen LogP contribution in [0.15, 0.2) is 102 Å². The summed E-state index contributed by atoms with van der Waals surface area (Å²) in [6, 6.07) is 29.6. The van der Waals surface area contributed by atoms with Gasteiger partial charge >= 0.3 is 0 Å². The Morgan fingerprint density at radius 2 is 1.51 bits per heavy atom. The Balaban J connectivity index is 1.30. The van der Waals surface area contributed by atoms with Gasteiger partial charge in [-0.2, -0.15) is 0 Å². The fraction of sp³-hybridized carbons (Fsp3) is 0.100. The number of nitrogens with one attached hydrogen (secondary N) is 2. The fourth-order valence-corrected chi connectivity index (χ4v) is 5.78. The molecule has 196 valence electrons. The molecule has 0 saturated heterocycles. The average Bonchev–Trinajstić information content (AvgIpc) is 3.38. The number of carbonyl (C=O) groups is 2. The molecule has 0 spiro atoms. The van der Waals surface area contributed by atoms with Crippen LogP contribution in [0.1, 0.15) is 21.2 Å². The van der Waals surface area contributed by atoms with Crippen LogP contribution in [0.25, 0.3) is 10.2 Å². The summed E-state index contributed by atoms with van der Waals surface area (Å²) in [5.74, 6) is 1.04. The standard InChI is InChI=1S/C30H25N3O4S2/c1-36-22-12-8-20(9-13-22)28(34)31-21-10-15-24(16-11-21)38-27(19-6-4-3-5-7-19)29(35)33-30-32-25-17-14-23(37-2)18-26(25)39-30/h3-18,27H,1-2H3,(H,31,34)(H,32,33,35). The molecular formula is C30H25N3O4S2. The first-order chi connectivity index (χ1) is 19.0. The number of aromatic nitrogens is 1. The van der Waals surface area contributed by atoms with E-state index in [2.05, 4.69) is 15.6 Å². The van der Waals surface area contributed by atoms with Gasteiger partial charge in [-0.3, -0.25) is 9.59 Å². The Morgan fingerprint density at radius 3 is 2.21 bits per heavy atom. The quantitative estimate of drug-likeness (QED) is 0.190. The summed E-state index contributed by atoms with van der Waals surface area (Å²) < 4.78 is 11.4. The molecule has 5 aromatic rings. The first-order valence-corrected chi connectivity index (χ1v) is 13.7. The molecule has 0 radical (unpaired) electrons. The Bertz CT molecular complexity index is 1590. The number of thioether (sulfide) groups is 1. The molecule has 5 rings (SSSR count). The molecule has 9 heteroatoms. The van der Waals surface area contributed by atoms with Gasteiger partial charge in [-0.05, 0) is 72.3 Å². The van der Waals surface area contributed by atoms with E-state index in [1.165, 1.54) is 23.1 Å². The van der Waals surface area contributed by atoms with Crippen molar-refractivity contribution in [3.63, 3.8) is 0 Å². The maximum atomic E-state index is 13.5. The maximum absolute atomic E-state index is 13.5. The molecular weight excluding hydrogens is 530 g/mol. The molecule has 0 aliphatic carbocycles. The van der Waals surface area contributed by atoms with Gasteiger partial charge in [0.15, 0.2) is 5.13 Å². The molecule has 39 heavy (non-hydrogen) atoms. The third-order valence-electron chi connectivity index (χ3n) is 5.88. The summed E-state index contributed by atoms with van der Waals surface area (Å²) in [6.07, 6.45) is 0. The molecule has 7 nitrogen and oxygen atoms in total. The smallest absolute Gasteiger partial charge is 0.255 e.